The summed E-state index contributed by atoms with van der Waals surface area (Å²) in [6, 6.07) is 13.2. The van der Waals surface area contributed by atoms with Crippen molar-refractivity contribution in [3.8, 4) is 11.5 Å². The molecule has 2 aromatic rings. The zero-order valence-corrected chi connectivity index (χ0v) is 16.3. The average molecular weight is 382 g/mol. The van der Waals surface area contributed by atoms with Gasteiger partial charge in [0, 0.05) is 13.8 Å². The lowest BCUT2D eigenvalue weighted by molar-refractivity contribution is -0.222. The number of benzene rings is 2. The average Bonchev–Trinajstić information content (AvgIpc) is 2.64. The van der Waals surface area contributed by atoms with Crippen LogP contribution in [0.3, 0.4) is 0 Å². The third kappa shape index (κ3) is 4.52. The molecular formula is C22H22O6. The Morgan fingerprint density at radius 1 is 0.964 bits per heavy atom. The molecule has 0 unspecified atom stereocenters. The second kappa shape index (κ2) is 7.76. The smallest absolute Gasteiger partial charge is 0.348 e. The maximum absolute atomic E-state index is 12.1. The summed E-state index contributed by atoms with van der Waals surface area (Å²) >= 11 is 0. The van der Waals surface area contributed by atoms with Gasteiger partial charge in [0.1, 0.15) is 12.2 Å². The summed E-state index contributed by atoms with van der Waals surface area (Å²) in [5.41, 5.74) is 2.63. The minimum absolute atomic E-state index is 0.172. The van der Waals surface area contributed by atoms with E-state index in [1.165, 1.54) is 32.6 Å². The van der Waals surface area contributed by atoms with Gasteiger partial charge in [-0.1, -0.05) is 35.9 Å². The Bertz CT molecular complexity index is 903. The monoisotopic (exact) mass is 382 g/mol. The molecule has 1 fully saturated rings. The van der Waals surface area contributed by atoms with Gasteiger partial charge in [-0.15, -0.1) is 0 Å². The molecule has 1 saturated heterocycles. The van der Waals surface area contributed by atoms with E-state index in [0.717, 1.165) is 5.56 Å². The number of cyclic esters (lactones) is 2. The van der Waals surface area contributed by atoms with Gasteiger partial charge in [0.15, 0.2) is 11.5 Å². The third-order valence-electron chi connectivity index (χ3n) is 4.13. The van der Waals surface area contributed by atoms with Crippen molar-refractivity contribution in [2.45, 2.75) is 33.2 Å². The standard InChI is InChI=1S/C22H22O6/c1-14-5-7-15(8-6-14)13-26-18-10-9-16(12-19(18)25-4)11-17-20(23)27-22(2,3)28-21(17)24/h5-12H,13H2,1-4H3. The predicted octanol–water partition coefficient (Wildman–Crippen LogP) is 3.80. The van der Waals surface area contributed by atoms with Crippen molar-refractivity contribution in [3.63, 3.8) is 0 Å². The van der Waals surface area contributed by atoms with E-state index in [-0.39, 0.29) is 5.57 Å². The van der Waals surface area contributed by atoms with Crippen LogP contribution in [0.15, 0.2) is 48.0 Å². The molecule has 6 nitrogen and oxygen atoms in total. The maximum Gasteiger partial charge on any atom is 0.348 e. The van der Waals surface area contributed by atoms with Crippen LogP contribution in [0.4, 0.5) is 0 Å². The molecular weight excluding hydrogens is 360 g/mol. The second-order valence-electron chi connectivity index (χ2n) is 6.92. The normalized spacial score (nSPS) is 15.5. The van der Waals surface area contributed by atoms with Gasteiger partial charge in [0.25, 0.3) is 5.79 Å². The summed E-state index contributed by atoms with van der Waals surface area (Å²) in [5.74, 6) is -1.67. The van der Waals surface area contributed by atoms with Gasteiger partial charge in [0.2, 0.25) is 0 Å². The molecule has 146 valence electrons. The van der Waals surface area contributed by atoms with Crippen molar-refractivity contribution in [1.82, 2.24) is 0 Å². The SMILES string of the molecule is COc1cc(C=C2C(=O)OC(C)(C)OC2=O)ccc1OCc1ccc(C)cc1. The molecule has 0 N–H and O–H groups in total. The molecule has 0 bridgehead atoms. The highest BCUT2D eigenvalue weighted by Gasteiger charge is 2.38. The van der Waals surface area contributed by atoms with Gasteiger partial charge in [-0.3, -0.25) is 0 Å². The van der Waals surface area contributed by atoms with Gasteiger partial charge < -0.3 is 18.9 Å². The summed E-state index contributed by atoms with van der Waals surface area (Å²) in [6.45, 7) is 5.43. The number of methoxy groups -OCH3 is 1. The number of hydrogen-bond donors (Lipinski definition) is 0. The van der Waals surface area contributed by atoms with Crippen LogP contribution in [0, 0.1) is 6.92 Å². The first kappa shape index (κ1) is 19.5. The van der Waals surface area contributed by atoms with Gasteiger partial charge >= 0.3 is 11.9 Å². The van der Waals surface area contributed by atoms with Crippen molar-refractivity contribution in [1.29, 1.82) is 0 Å². The molecule has 0 atom stereocenters. The minimum atomic E-state index is -1.27. The first-order chi connectivity index (χ1) is 13.3. The van der Waals surface area contributed by atoms with Crippen LogP contribution in [0.1, 0.15) is 30.5 Å². The topological polar surface area (TPSA) is 71.1 Å². The Labute approximate surface area is 163 Å². The molecule has 6 heteroatoms. The van der Waals surface area contributed by atoms with E-state index in [2.05, 4.69) is 0 Å². The molecule has 0 aromatic heterocycles. The Hall–Kier alpha value is -3.28. The van der Waals surface area contributed by atoms with Crippen LogP contribution in [-0.4, -0.2) is 24.8 Å². The van der Waals surface area contributed by atoms with E-state index in [0.29, 0.717) is 23.7 Å². The van der Waals surface area contributed by atoms with Gasteiger partial charge in [-0.2, -0.15) is 0 Å². The highest BCUT2D eigenvalue weighted by molar-refractivity contribution is 6.18. The van der Waals surface area contributed by atoms with Crippen LogP contribution in [0.5, 0.6) is 11.5 Å². The van der Waals surface area contributed by atoms with Crippen LogP contribution < -0.4 is 9.47 Å². The number of rotatable bonds is 5. The quantitative estimate of drug-likeness (QED) is 0.445. The molecule has 1 aliphatic heterocycles. The summed E-state index contributed by atoms with van der Waals surface area (Å²) < 4.78 is 21.4. The number of aryl methyl sites for hydroxylation is 1. The second-order valence-corrected chi connectivity index (χ2v) is 6.92. The van der Waals surface area contributed by atoms with Crippen LogP contribution >= 0.6 is 0 Å². The van der Waals surface area contributed by atoms with Gasteiger partial charge in [-0.05, 0) is 36.3 Å². The van der Waals surface area contributed by atoms with E-state index in [9.17, 15) is 9.59 Å². The van der Waals surface area contributed by atoms with Crippen LogP contribution in [0.25, 0.3) is 6.08 Å². The first-order valence-electron chi connectivity index (χ1n) is 8.82. The van der Waals surface area contributed by atoms with Crippen molar-refractivity contribution < 1.29 is 28.5 Å². The van der Waals surface area contributed by atoms with Gasteiger partial charge in [0.05, 0.1) is 7.11 Å². The highest BCUT2D eigenvalue weighted by Crippen LogP contribution is 2.31. The molecule has 1 heterocycles. The molecule has 0 radical (unpaired) electrons. The van der Waals surface area contributed by atoms with Crippen molar-refractivity contribution in [2.24, 2.45) is 0 Å². The van der Waals surface area contributed by atoms with E-state index in [4.69, 9.17) is 18.9 Å². The highest BCUT2D eigenvalue weighted by atomic mass is 16.7. The number of esters is 2. The van der Waals surface area contributed by atoms with Crippen LogP contribution in [0.2, 0.25) is 0 Å². The van der Waals surface area contributed by atoms with E-state index in [1.807, 2.05) is 31.2 Å². The minimum Gasteiger partial charge on any atom is -0.493 e. The van der Waals surface area contributed by atoms with Crippen molar-refractivity contribution >= 4 is 18.0 Å². The zero-order valence-electron chi connectivity index (χ0n) is 16.3. The maximum atomic E-state index is 12.1. The molecule has 0 saturated carbocycles. The van der Waals surface area contributed by atoms with Crippen LogP contribution in [-0.2, 0) is 25.7 Å². The summed E-state index contributed by atoms with van der Waals surface area (Å²) in [6.07, 6.45) is 1.41. The van der Waals surface area contributed by atoms with Crippen molar-refractivity contribution in [2.75, 3.05) is 7.11 Å². The van der Waals surface area contributed by atoms with E-state index >= 15 is 0 Å². The molecule has 3 rings (SSSR count). The Balaban J connectivity index is 1.78. The molecule has 0 aliphatic carbocycles. The number of carbonyl (C=O) groups excluding carboxylic acids is 2. The Kier molecular flexibility index (Phi) is 5.40. The van der Waals surface area contributed by atoms with Gasteiger partial charge in [-0.25, -0.2) is 9.59 Å². The fourth-order valence-electron chi connectivity index (χ4n) is 2.68. The van der Waals surface area contributed by atoms with E-state index < -0.39 is 17.7 Å². The first-order valence-corrected chi connectivity index (χ1v) is 8.82. The predicted molar refractivity (Wildman–Crippen MR) is 103 cm³/mol. The lowest BCUT2D eigenvalue weighted by atomic mass is 10.1. The molecule has 2 aromatic carbocycles. The Morgan fingerprint density at radius 2 is 1.61 bits per heavy atom. The largest absolute Gasteiger partial charge is 0.493 e. The molecule has 28 heavy (non-hydrogen) atoms. The molecule has 0 amide bonds. The number of carbonyl (C=O) groups is 2. The van der Waals surface area contributed by atoms with Crippen molar-refractivity contribution in [3.05, 3.63) is 64.7 Å². The Morgan fingerprint density at radius 3 is 2.21 bits per heavy atom. The fraction of sp³-hybridized carbons (Fsp3) is 0.273. The lowest BCUT2D eigenvalue weighted by Gasteiger charge is -2.29. The zero-order chi connectivity index (χ0) is 20.3. The number of ether oxygens (including phenoxy) is 4. The summed E-state index contributed by atoms with van der Waals surface area (Å²) in [7, 11) is 1.52. The lowest BCUT2D eigenvalue weighted by Crippen LogP contribution is -2.41. The summed E-state index contributed by atoms with van der Waals surface area (Å²) in [4.78, 5) is 24.2. The fourth-order valence-corrected chi connectivity index (χ4v) is 2.68. The molecule has 0 spiro atoms. The summed E-state index contributed by atoms with van der Waals surface area (Å²) in [5, 5.41) is 0. The third-order valence-corrected chi connectivity index (χ3v) is 4.13. The van der Waals surface area contributed by atoms with E-state index in [1.54, 1.807) is 18.2 Å². The molecule has 1 aliphatic rings. The number of hydrogen-bond acceptors (Lipinski definition) is 6.